The van der Waals surface area contributed by atoms with Crippen molar-refractivity contribution in [1.82, 2.24) is 19.1 Å². The number of ether oxygens (including phenoxy) is 1. The third kappa shape index (κ3) is 3.11. The van der Waals surface area contributed by atoms with Gasteiger partial charge in [0.1, 0.15) is 21.6 Å². The predicted octanol–water partition coefficient (Wildman–Crippen LogP) is 4.11. The molecule has 2 aromatic heterocycles. The van der Waals surface area contributed by atoms with Gasteiger partial charge in [-0.3, -0.25) is 0 Å². The Labute approximate surface area is 152 Å². The zero-order valence-corrected chi connectivity index (χ0v) is 15.2. The van der Waals surface area contributed by atoms with E-state index in [0.717, 1.165) is 17.1 Å². The molecule has 0 aliphatic rings. The molecule has 24 heavy (non-hydrogen) atoms. The first-order valence-corrected chi connectivity index (χ1v) is 8.95. The van der Waals surface area contributed by atoms with Crippen LogP contribution in [0.3, 0.4) is 0 Å². The Morgan fingerprint density at radius 3 is 2.71 bits per heavy atom. The number of halogens is 1. The summed E-state index contributed by atoms with van der Waals surface area (Å²) in [5.41, 5.74) is 1.32. The van der Waals surface area contributed by atoms with Crippen LogP contribution in [0.15, 0.2) is 33.6 Å². The van der Waals surface area contributed by atoms with E-state index in [2.05, 4.69) is 20.6 Å². The van der Waals surface area contributed by atoms with Crippen LogP contribution in [0.5, 0.6) is 5.75 Å². The Morgan fingerprint density at radius 2 is 2.08 bits per heavy atom. The molecule has 3 rings (SSSR count). The van der Waals surface area contributed by atoms with Crippen molar-refractivity contribution < 1.29 is 4.74 Å². The van der Waals surface area contributed by atoms with E-state index in [1.165, 1.54) is 23.3 Å². The van der Waals surface area contributed by atoms with Crippen LogP contribution in [0.4, 0.5) is 0 Å². The third-order valence-corrected chi connectivity index (χ3v) is 5.66. The van der Waals surface area contributed by atoms with Crippen molar-refractivity contribution in [2.75, 3.05) is 7.11 Å². The molecule has 9 heteroatoms. The van der Waals surface area contributed by atoms with Gasteiger partial charge in [0.2, 0.25) is 0 Å². The lowest BCUT2D eigenvalue weighted by Crippen LogP contribution is -1.99. The van der Waals surface area contributed by atoms with E-state index in [1.54, 1.807) is 7.11 Å². The monoisotopic (exact) mass is 377 g/mol. The number of nitriles is 1. The lowest BCUT2D eigenvalue weighted by Gasteiger charge is -2.07. The van der Waals surface area contributed by atoms with E-state index in [9.17, 15) is 5.26 Å². The van der Waals surface area contributed by atoms with Gasteiger partial charge in [0.25, 0.3) is 0 Å². The molecule has 3 aromatic rings. The van der Waals surface area contributed by atoms with Crippen molar-refractivity contribution in [3.8, 4) is 23.2 Å². The number of hydrogen-bond acceptors (Lipinski definition) is 7. The maximum absolute atomic E-state index is 9.19. The minimum Gasteiger partial charge on any atom is -0.497 e. The van der Waals surface area contributed by atoms with Crippen LogP contribution >= 0.6 is 34.9 Å². The summed E-state index contributed by atoms with van der Waals surface area (Å²) >= 11 is 8.46. The first-order valence-electron chi connectivity index (χ1n) is 6.98. The molecule has 0 radical (unpaired) electrons. The quantitative estimate of drug-likeness (QED) is 0.666. The molecule has 0 bridgehead atoms. The van der Waals surface area contributed by atoms with Gasteiger partial charge in [-0.05, 0) is 54.5 Å². The summed E-state index contributed by atoms with van der Waals surface area (Å²) < 4.78 is 11.9. The first-order chi connectivity index (χ1) is 11.7. The van der Waals surface area contributed by atoms with Crippen molar-refractivity contribution in [1.29, 1.82) is 5.26 Å². The van der Waals surface area contributed by atoms with E-state index < -0.39 is 0 Å². The van der Waals surface area contributed by atoms with Gasteiger partial charge in [0.15, 0.2) is 16.1 Å². The van der Waals surface area contributed by atoms with Gasteiger partial charge in [-0.15, -0.1) is 10.2 Å². The van der Waals surface area contributed by atoms with Crippen LogP contribution in [0.25, 0.3) is 11.4 Å². The van der Waals surface area contributed by atoms with Gasteiger partial charge in [-0.1, -0.05) is 11.6 Å². The highest BCUT2D eigenvalue weighted by Crippen LogP contribution is 2.37. The molecular weight excluding hydrogens is 366 g/mol. The highest BCUT2D eigenvalue weighted by Gasteiger charge is 2.19. The van der Waals surface area contributed by atoms with E-state index in [4.69, 9.17) is 16.3 Å². The van der Waals surface area contributed by atoms with Crippen LogP contribution in [0.1, 0.15) is 12.5 Å². The number of nitrogens with zero attached hydrogens (tertiary/aromatic N) is 5. The molecule has 0 aliphatic heterocycles. The summed E-state index contributed by atoms with van der Waals surface area (Å²) in [5.74, 6) is 1.55. The van der Waals surface area contributed by atoms with E-state index in [-0.39, 0.29) is 5.15 Å². The normalized spacial score (nSPS) is 10.6. The lowest BCUT2D eigenvalue weighted by atomic mass is 10.2. The van der Waals surface area contributed by atoms with Gasteiger partial charge < -0.3 is 9.30 Å². The zero-order valence-electron chi connectivity index (χ0n) is 12.9. The average Bonchev–Trinajstić information content (AvgIpc) is 3.18. The standard InChI is InChI=1S/C15H12ClN5OS2/c1-3-21-13(9-4-6-10(22-2)7-5-9)18-19-15(21)23-14-11(8-17)12(16)20-24-14/h4-7H,3H2,1-2H3. The molecule has 0 saturated carbocycles. The number of aromatic nitrogens is 4. The van der Waals surface area contributed by atoms with Gasteiger partial charge in [0, 0.05) is 12.1 Å². The summed E-state index contributed by atoms with van der Waals surface area (Å²) in [7, 11) is 1.63. The molecule has 0 spiro atoms. The molecule has 0 N–H and O–H groups in total. The van der Waals surface area contributed by atoms with Crippen molar-refractivity contribution in [3.05, 3.63) is 35.0 Å². The summed E-state index contributed by atoms with van der Waals surface area (Å²) in [4.78, 5) is 0. The number of methoxy groups -OCH3 is 1. The van der Waals surface area contributed by atoms with Crippen molar-refractivity contribution >= 4 is 34.9 Å². The highest BCUT2D eigenvalue weighted by molar-refractivity contribution is 8.01. The molecule has 6 nitrogen and oxygen atoms in total. The van der Waals surface area contributed by atoms with Crippen LogP contribution in [-0.2, 0) is 6.54 Å². The third-order valence-electron chi connectivity index (χ3n) is 3.30. The summed E-state index contributed by atoms with van der Waals surface area (Å²) in [5, 5.41) is 18.7. The maximum Gasteiger partial charge on any atom is 0.197 e. The fourth-order valence-electron chi connectivity index (χ4n) is 2.10. The SMILES string of the molecule is CCn1c(Sc2snc(Cl)c2C#N)nnc1-c1ccc(OC)cc1. The molecule has 0 amide bonds. The fourth-order valence-corrected chi connectivity index (χ4v) is 4.25. The Morgan fingerprint density at radius 1 is 1.33 bits per heavy atom. The molecule has 0 atom stereocenters. The second kappa shape index (κ2) is 7.21. The molecule has 2 heterocycles. The van der Waals surface area contributed by atoms with E-state index in [0.29, 0.717) is 21.5 Å². The minimum atomic E-state index is 0.225. The molecule has 122 valence electrons. The molecule has 0 fully saturated rings. The maximum atomic E-state index is 9.19. The Kier molecular flexibility index (Phi) is 5.04. The van der Waals surface area contributed by atoms with Gasteiger partial charge in [-0.2, -0.15) is 9.64 Å². The predicted molar refractivity (Wildman–Crippen MR) is 93.6 cm³/mol. The second-order valence-electron chi connectivity index (χ2n) is 4.63. The van der Waals surface area contributed by atoms with E-state index >= 15 is 0 Å². The number of hydrogen-bond donors (Lipinski definition) is 0. The molecule has 0 aliphatic carbocycles. The number of benzene rings is 1. The van der Waals surface area contributed by atoms with Crippen LogP contribution in [0.2, 0.25) is 5.15 Å². The fraction of sp³-hybridized carbons (Fsp3) is 0.200. The summed E-state index contributed by atoms with van der Waals surface area (Å²) in [6.07, 6.45) is 0. The number of rotatable bonds is 5. The van der Waals surface area contributed by atoms with Crippen LogP contribution in [-0.4, -0.2) is 26.2 Å². The second-order valence-corrected chi connectivity index (χ2v) is 7.00. The van der Waals surface area contributed by atoms with Crippen molar-refractivity contribution in [3.63, 3.8) is 0 Å². The summed E-state index contributed by atoms with van der Waals surface area (Å²) in [6, 6.07) is 9.72. The largest absolute Gasteiger partial charge is 0.497 e. The van der Waals surface area contributed by atoms with Crippen molar-refractivity contribution in [2.24, 2.45) is 0 Å². The Bertz CT molecular complexity index is 898. The first kappa shape index (κ1) is 16.8. The minimum absolute atomic E-state index is 0.225. The smallest absolute Gasteiger partial charge is 0.197 e. The zero-order chi connectivity index (χ0) is 17.1. The van der Waals surface area contributed by atoms with Crippen LogP contribution < -0.4 is 4.74 Å². The van der Waals surface area contributed by atoms with Gasteiger partial charge in [0.05, 0.1) is 7.11 Å². The van der Waals surface area contributed by atoms with E-state index in [1.807, 2.05) is 35.8 Å². The average molecular weight is 378 g/mol. The molecule has 0 saturated heterocycles. The Hall–Kier alpha value is -2.08. The molecular formula is C15H12ClN5OS2. The van der Waals surface area contributed by atoms with Gasteiger partial charge >= 0.3 is 0 Å². The van der Waals surface area contributed by atoms with Crippen molar-refractivity contribution in [2.45, 2.75) is 22.8 Å². The van der Waals surface area contributed by atoms with Crippen LogP contribution in [0, 0.1) is 11.3 Å². The summed E-state index contributed by atoms with van der Waals surface area (Å²) in [6.45, 7) is 2.72. The highest BCUT2D eigenvalue weighted by atomic mass is 35.5. The topological polar surface area (TPSA) is 76.6 Å². The molecule has 0 unspecified atom stereocenters. The molecule has 1 aromatic carbocycles. The van der Waals surface area contributed by atoms with Gasteiger partial charge in [-0.25, -0.2) is 0 Å². The lowest BCUT2D eigenvalue weighted by molar-refractivity contribution is 0.415. The Balaban J connectivity index is 1.96.